The number of anilines is 1. The Bertz CT molecular complexity index is 1220. The van der Waals surface area contributed by atoms with Gasteiger partial charge in [0.15, 0.2) is 11.5 Å². The van der Waals surface area contributed by atoms with Gasteiger partial charge >= 0.3 is 0 Å². The molecule has 0 heterocycles. The number of rotatable bonds is 12. The largest absolute Gasteiger partial charge is 0.493 e. The molecule has 186 valence electrons. The first-order valence-corrected chi connectivity index (χ1v) is 13.6. The fraction of sp³-hybridized carbons (Fsp3) is 0.240. The average molecular weight is 535 g/mol. The number of halogens is 1. The number of nitrogens with one attached hydrogen (secondary N) is 1. The van der Waals surface area contributed by atoms with Gasteiger partial charge in [-0.2, -0.15) is 0 Å². The number of amides is 1. The molecule has 10 heteroatoms. The molecular weight excluding hydrogens is 508 g/mol. The Hall–Kier alpha value is -2.88. The van der Waals surface area contributed by atoms with E-state index in [0.717, 1.165) is 21.4 Å². The number of benzene rings is 3. The summed E-state index contributed by atoms with van der Waals surface area (Å²) in [7, 11) is -1.15. The SMILES string of the molecule is COc1ccc(S(=O)(=O)N(CC(=O)NCCCSc2ccc(Cl)cc2)c2ccccc2)cc1OC. The van der Waals surface area contributed by atoms with Gasteiger partial charge in [-0.05, 0) is 60.7 Å². The lowest BCUT2D eigenvalue weighted by molar-refractivity contribution is -0.119. The molecule has 1 amide bonds. The zero-order chi connectivity index (χ0) is 25.3. The quantitative estimate of drug-likeness (QED) is 0.264. The molecule has 0 bridgehead atoms. The smallest absolute Gasteiger partial charge is 0.264 e. The molecular formula is C25H27ClN2O5S2. The van der Waals surface area contributed by atoms with E-state index in [9.17, 15) is 13.2 Å². The molecule has 0 fully saturated rings. The maximum Gasteiger partial charge on any atom is 0.264 e. The number of nitrogens with zero attached hydrogens (tertiary/aromatic N) is 1. The zero-order valence-corrected chi connectivity index (χ0v) is 21.8. The minimum Gasteiger partial charge on any atom is -0.493 e. The van der Waals surface area contributed by atoms with Gasteiger partial charge in [-0.15, -0.1) is 11.8 Å². The Morgan fingerprint density at radius 2 is 1.66 bits per heavy atom. The van der Waals surface area contributed by atoms with Crippen LogP contribution in [0, 0.1) is 0 Å². The first kappa shape index (κ1) is 26.7. The van der Waals surface area contributed by atoms with Gasteiger partial charge in [0.05, 0.1) is 24.8 Å². The third-order valence-electron chi connectivity index (χ3n) is 5.00. The topological polar surface area (TPSA) is 84.9 Å². The van der Waals surface area contributed by atoms with E-state index in [1.165, 1.54) is 32.4 Å². The average Bonchev–Trinajstić information content (AvgIpc) is 2.88. The van der Waals surface area contributed by atoms with Crippen LogP contribution in [0.15, 0.2) is 82.6 Å². The molecule has 0 unspecified atom stereocenters. The highest BCUT2D eigenvalue weighted by molar-refractivity contribution is 7.99. The lowest BCUT2D eigenvalue weighted by Crippen LogP contribution is -2.41. The van der Waals surface area contributed by atoms with Gasteiger partial charge in [-0.3, -0.25) is 9.10 Å². The molecule has 3 aromatic carbocycles. The van der Waals surface area contributed by atoms with Crippen LogP contribution in [0.2, 0.25) is 5.02 Å². The predicted molar refractivity (Wildman–Crippen MR) is 140 cm³/mol. The van der Waals surface area contributed by atoms with Crippen LogP contribution in [0.3, 0.4) is 0 Å². The molecule has 3 aromatic rings. The number of thioether (sulfide) groups is 1. The molecule has 1 N–H and O–H groups in total. The van der Waals surface area contributed by atoms with Gasteiger partial charge in [0, 0.05) is 22.5 Å². The van der Waals surface area contributed by atoms with Crippen molar-refractivity contribution in [3.05, 3.63) is 77.8 Å². The monoisotopic (exact) mass is 534 g/mol. The Balaban J connectivity index is 1.67. The standard InChI is InChI=1S/C25H27ClN2O5S2/c1-32-23-14-13-22(17-24(23)33-2)35(30,31)28(20-7-4-3-5-8-20)18-25(29)27-15-6-16-34-21-11-9-19(26)10-12-21/h3-5,7-14,17H,6,15-16,18H2,1-2H3,(H,27,29). The first-order valence-electron chi connectivity index (χ1n) is 10.8. The van der Waals surface area contributed by atoms with Gasteiger partial charge in [-0.25, -0.2) is 8.42 Å². The molecule has 0 radical (unpaired) electrons. The van der Waals surface area contributed by atoms with E-state index in [-0.39, 0.29) is 17.2 Å². The van der Waals surface area contributed by atoms with E-state index in [2.05, 4.69) is 5.32 Å². The molecule has 3 rings (SSSR count). The van der Waals surface area contributed by atoms with Gasteiger partial charge in [0.1, 0.15) is 6.54 Å². The van der Waals surface area contributed by atoms with Gasteiger partial charge < -0.3 is 14.8 Å². The number of carbonyl (C=O) groups excluding carboxylic acids is 1. The molecule has 0 saturated heterocycles. The fourth-order valence-corrected chi connectivity index (χ4v) is 5.64. The van der Waals surface area contributed by atoms with Crippen molar-refractivity contribution in [3.8, 4) is 11.5 Å². The second-order valence-corrected chi connectivity index (χ2v) is 10.8. The van der Waals surface area contributed by atoms with Crippen molar-refractivity contribution in [2.75, 3.05) is 37.4 Å². The molecule has 35 heavy (non-hydrogen) atoms. The Morgan fingerprint density at radius 1 is 0.971 bits per heavy atom. The van der Waals surface area contributed by atoms with E-state index in [0.29, 0.717) is 23.0 Å². The summed E-state index contributed by atoms with van der Waals surface area (Å²) in [6.45, 7) is 0.0729. The molecule has 7 nitrogen and oxygen atoms in total. The molecule has 0 aliphatic heterocycles. The number of methoxy groups -OCH3 is 2. The summed E-state index contributed by atoms with van der Waals surface area (Å²) in [5, 5.41) is 3.51. The summed E-state index contributed by atoms with van der Waals surface area (Å²) in [6, 6.07) is 20.4. The summed E-state index contributed by atoms with van der Waals surface area (Å²) in [5.74, 6) is 1.10. The highest BCUT2D eigenvalue weighted by Gasteiger charge is 2.28. The van der Waals surface area contributed by atoms with E-state index >= 15 is 0 Å². The third-order valence-corrected chi connectivity index (χ3v) is 8.12. The van der Waals surface area contributed by atoms with Crippen molar-refractivity contribution in [1.82, 2.24) is 5.32 Å². The lowest BCUT2D eigenvalue weighted by Gasteiger charge is -2.24. The van der Waals surface area contributed by atoms with Gasteiger partial charge in [0.2, 0.25) is 5.91 Å². The Labute approximate surface area is 215 Å². The van der Waals surface area contributed by atoms with Crippen molar-refractivity contribution in [3.63, 3.8) is 0 Å². The second kappa shape index (κ2) is 12.7. The van der Waals surface area contributed by atoms with Gasteiger partial charge in [-0.1, -0.05) is 29.8 Å². The van der Waals surface area contributed by atoms with Crippen LogP contribution in [0.1, 0.15) is 6.42 Å². The van der Waals surface area contributed by atoms with Crippen LogP contribution in [0.25, 0.3) is 0 Å². The van der Waals surface area contributed by atoms with E-state index in [1.54, 1.807) is 42.1 Å². The first-order chi connectivity index (χ1) is 16.8. The minimum atomic E-state index is -4.06. The van der Waals surface area contributed by atoms with Crippen molar-refractivity contribution in [2.45, 2.75) is 16.2 Å². The molecule has 0 saturated carbocycles. The third kappa shape index (κ3) is 7.30. The fourth-order valence-electron chi connectivity index (χ4n) is 3.22. The molecule has 0 atom stereocenters. The van der Waals surface area contributed by atoms with E-state index in [1.807, 2.05) is 24.3 Å². The normalized spacial score (nSPS) is 11.1. The Kier molecular flexibility index (Phi) is 9.71. The number of hydrogen-bond acceptors (Lipinski definition) is 6. The van der Waals surface area contributed by atoms with Crippen LogP contribution >= 0.6 is 23.4 Å². The Morgan fingerprint density at radius 3 is 2.31 bits per heavy atom. The van der Waals surface area contributed by atoms with E-state index in [4.69, 9.17) is 21.1 Å². The molecule has 0 spiro atoms. The maximum absolute atomic E-state index is 13.5. The highest BCUT2D eigenvalue weighted by Crippen LogP contribution is 2.32. The highest BCUT2D eigenvalue weighted by atomic mass is 35.5. The minimum absolute atomic E-state index is 0.00818. The summed E-state index contributed by atoms with van der Waals surface area (Å²) < 4.78 is 38.6. The number of sulfonamides is 1. The summed E-state index contributed by atoms with van der Waals surface area (Å²) >= 11 is 7.56. The van der Waals surface area contributed by atoms with Crippen molar-refractivity contribution >= 4 is 45.0 Å². The van der Waals surface area contributed by atoms with Crippen molar-refractivity contribution in [1.29, 1.82) is 0 Å². The van der Waals surface area contributed by atoms with Crippen molar-refractivity contribution < 1.29 is 22.7 Å². The van der Waals surface area contributed by atoms with Crippen LogP contribution in [-0.2, 0) is 14.8 Å². The molecule has 0 aromatic heterocycles. The second-order valence-electron chi connectivity index (χ2n) is 7.37. The van der Waals surface area contributed by atoms with Crippen LogP contribution < -0.4 is 19.1 Å². The summed E-state index contributed by atoms with van der Waals surface area (Å²) in [5.41, 5.74) is 0.385. The van der Waals surface area contributed by atoms with E-state index < -0.39 is 15.9 Å². The number of hydrogen-bond donors (Lipinski definition) is 1. The summed E-state index contributed by atoms with van der Waals surface area (Å²) in [6.07, 6.45) is 0.729. The zero-order valence-electron chi connectivity index (χ0n) is 19.4. The van der Waals surface area contributed by atoms with Crippen LogP contribution in [0.5, 0.6) is 11.5 Å². The molecule has 0 aliphatic carbocycles. The predicted octanol–water partition coefficient (Wildman–Crippen LogP) is 4.85. The number of carbonyl (C=O) groups is 1. The van der Waals surface area contributed by atoms with Crippen molar-refractivity contribution in [2.24, 2.45) is 0 Å². The van der Waals surface area contributed by atoms with Crippen LogP contribution in [-0.4, -0.2) is 47.4 Å². The lowest BCUT2D eigenvalue weighted by atomic mass is 10.3. The molecule has 0 aliphatic rings. The summed E-state index contributed by atoms with van der Waals surface area (Å²) in [4.78, 5) is 13.8. The number of para-hydroxylation sites is 1. The number of ether oxygens (including phenoxy) is 2. The van der Waals surface area contributed by atoms with Gasteiger partial charge in [0.25, 0.3) is 10.0 Å². The maximum atomic E-state index is 13.5. The van der Waals surface area contributed by atoms with Crippen LogP contribution in [0.4, 0.5) is 5.69 Å².